The van der Waals surface area contributed by atoms with E-state index in [0.717, 1.165) is 17.6 Å². The molecule has 84 valence electrons. The third-order valence-corrected chi connectivity index (χ3v) is 2.56. The number of rotatable bonds is 3. The zero-order valence-corrected chi connectivity index (χ0v) is 9.27. The fraction of sp³-hybridized carbons (Fsp3) is 0.364. The van der Waals surface area contributed by atoms with E-state index >= 15 is 0 Å². The summed E-state index contributed by atoms with van der Waals surface area (Å²) in [6.45, 7) is 4.60. The van der Waals surface area contributed by atoms with Gasteiger partial charge in [-0.15, -0.1) is 0 Å². The molecule has 0 saturated carbocycles. The van der Waals surface area contributed by atoms with Crippen LogP contribution in [-0.4, -0.2) is 25.8 Å². The molecule has 0 spiro atoms. The first kappa shape index (κ1) is 10.6. The van der Waals surface area contributed by atoms with Gasteiger partial charge < -0.3 is 5.11 Å². The topological polar surface area (TPSA) is 68.0 Å². The molecule has 2 heterocycles. The number of pyridine rings is 1. The van der Waals surface area contributed by atoms with Gasteiger partial charge in [0.1, 0.15) is 0 Å². The minimum absolute atomic E-state index is 0.269. The monoisotopic (exact) mass is 219 g/mol. The van der Waals surface area contributed by atoms with Gasteiger partial charge in [0.25, 0.3) is 0 Å². The second-order valence-corrected chi connectivity index (χ2v) is 3.51. The van der Waals surface area contributed by atoms with Crippen molar-refractivity contribution >= 4 is 17.0 Å². The molecule has 0 amide bonds. The fourth-order valence-corrected chi connectivity index (χ4v) is 1.73. The predicted octanol–water partition coefficient (Wildman–Crippen LogP) is 1.71. The summed E-state index contributed by atoms with van der Waals surface area (Å²) in [5, 5.41) is 14.0. The molecule has 2 aromatic heterocycles. The maximum absolute atomic E-state index is 11.0. The Labute approximate surface area is 92.7 Å². The zero-order chi connectivity index (χ0) is 11.7. The van der Waals surface area contributed by atoms with Crippen LogP contribution in [0.25, 0.3) is 11.0 Å². The Hall–Kier alpha value is -1.91. The van der Waals surface area contributed by atoms with Gasteiger partial charge in [0.2, 0.25) is 0 Å². The molecule has 2 aromatic rings. The highest BCUT2D eigenvalue weighted by molar-refractivity contribution is 5.93. The number of hydrogen-bond donors (Lipinski definition) is 1. The Morgan fingerprint density at radius 2 is 2.25 bits per heavy atom. The molecule has 5 nitrogen and oxygen atoms in total. The average molecular weight is 219 g/mol. The van der Waals surface area contributed by atoms with Gasteiger partial charge in [-0.25, -0.2) is 14.5 Å². The minimum Gasteiger partial charge on any atom is -0.478 e. The van der Waals surface area contributed by atoms with E-state index in [1.165, 1.54) is 0 Å². The Bertz CT molecular complexity index is 545. The molecule has 1 N–H and O–H groups in total. The lowest BCUT2D eigenvalue weighted by molar-refractivity contribution is 0.0695. The smallest absolute Gasteiger partial charge is 0.337 e. The zero-order valence-electron chi connectivity index (χ0n) is 9.27. The number of carboxylic acid groups (broad SMARTS) is 1. The number of aromatic nitrogens is 3. The highest BCUT2D eigenvalue weighted by Gasteiger charge is 2.13. The lowest BCUT2D eigenvalue weighted by Gasteiger charge is -2.04. The predicted molar refractivity (Wildman–Crippen MR) is 59.5 cm³/mol. The molecule has 0 fully saturated rings. The van der Waals surface area contributed by atoms with E-state index in [0.29, 0.717) is 12.1 Å². The molecule has 0 saturated heterocycles. The SMILES string of the molecule is CCc1nc2c(cnn2CC)cc1C(=O)O. The average Bonchev–Trinajstić information content (AvgIpc) is 2.68. The highest BCUT2D eigenvalue weighted by Crippen LogP contribution is 2.17. The van der Waals surface area contributed by atoms with Gasteiger partial charge >= 0.3 is 5.97 Å². The second kappa shape index (κ2) is 3.92. The largest absolute Gasteiger partial charge is 0.478 e. The number of aromatic carboxylic acids is 1. The van der Waals surface area contributed by atoms with Crippen LogP contribution in [0.5, 0.6) is 0 Å². The van der Waals surface area contributed by atoms with Crippen molar-refractivity contribution in [1.82, 2.24) is 14.8 Å². The number of nitrogens with zero attached hydrogens (tertiary/aromatic N) is 3. The molecule has 0 unspecified atom stereocenters. The molecule has 0 aliphatic carbocycles. The van der Waals surface area contributed by atoms with Crippen molar-refractivity contribution in [2.24, 2.45) is 0 Å². The maximum atomic E-state index is 11.0. The van der Waals surface area contributed by atoms with Crippen LogP contribution in [0.4, 0.5) is 0 Å². The molecule has 0 aromatic carbocycles. The number of aryl methyl sites for hydroxylation is 2. The molecule has 0 aliphatic heterocycles. The van der Waals surface area contributed by atoms with E-state index in [1.54, 1.807) is 16.9 Å². The van der Waals surface area contributed by atoms with E-state index in [9.17, 15) is 4.79 Å². The van der Waals surface area contributed by atoms with E-state index in [2.05, 4.69) is 10.1 Å². The lowest BCUT2D eigenvalue weighted by Crippen LogP contribution is -2.06. The normalized spacial score (nSPS) is 10.9. The van der Waals surface area contributed by atoms with E-state index < -0.39 is 5.97 Å². The summed E-state index contributed by atoms with van der Waals surface area (Å²) in [6.07, 6.45) is 2.25. The Kier molecular flexibility index (Phi) is 2.60. The van der Waals surface area contributed by atoms with Crippen LogP contribution < -0.4 is 0 Å². The van der Waals surface area contributed by atoms with Crippen LogP contribution in [0.15, 0.2) is 12.3 Å². The minimum atomic E-state index is -0.935. The first-order valence-electron chi connectivity index (χ1n) is 5.26. The summed E-state index contributed by atoms with van der Waals surface area (Å²) >= 11 is 0. The van der Waals surface area contributed by atoms with Crippen LogP contribution in [0.3, 0.4) is 0 Å². The van der Waals surface area contributed by atoms with Crippen LogP contribution in [0.2, 0.25) is 0 Å². The first-order chi connectivity index (χ1) is 7.67. The van der Waals surface area contributed by atoms with E-state index in [1.807, 2.05) is 13.8 Å². The molecule has 16 heavy (non-hydrogen) atoms. The molecule has 0 aliphatic rings. The van der Waals surface area contributed by atoms with Crippen molar-refractivity contribution in [3.63, 3.8) is 0 Å². The van der Waals surface area contributed by atoms with Crippen molar-refractivity contribution < 1.29 is 9.90 Å². The first-order valence-corrected chi connectivity index (χ1v) is 5.26. The third kappa shape index (κ3) is 1.54. The van der Waals surface area contributed by atoms with E-state index in [-0.39, 0.29) is 5.56 Å². The van der Waals surface area contributed by atoms with Gasteiger partial charge in [-0.1, -0.05) is 6.92 Å². The van der Waals surface area contributed by atoms with Crippen LogP contribution in [0, 0.1) is 0 Å². The summed E-state index contributed by atoms with van der Waals surface area (Å²) in [7, 11) is 0. The quantitative estimate of drug-likeness (QED) is 0.853. The molecule has 0 radical (unpaired) electrons. The maximum Gasteiger partial charge on any atom is 0.337 e. The summed E-state index contributed by atoms with van der Waals surface area (Å²) in [4.78, 5) is 15.4. The summed E-state index contributed by atoms with van der Waals surface area (Å²) in [5.41, 5.74) is 1.63. The van der Waals surface area contributed by atoms with Gasteiger partial charge in [-0.05, 0) is 19.4 Å². The van der Waals surface area contributed by atoms with Crippen molar-refractivity contribution in [2.75, 3.05) is 0 Å². The van der Waals surface area contributed by atoms with Crippen molar-refractivity contribution in [1.29, 1.82) is 0 Å². The summed E-state index contributed by atoms with van der Waals surface area (Å²) < 4.78 is 1.76. The summed E-state index contributed by atoms with van der Waals surface area (Å²) in [6, 6.07) is 1.64. The van der Waals surface area contributed by atoms with Gasteiger partial charge in [0, 0.05) is 11.9 Å². The third-order valence-electron chi connectivity index (χ3n) is 2.56. The van der Waals surface area contributed by atoms with Crippen molar-refractivity contribution in [2.45, 2.75) is 26.8 Å². The van der Waals surface area contributed by atoms with Gasteiger partial charge in [-0.3, -0.25) is 0 Å². The van der Waals surface area contributed by atoms with Crippen molar-refractivity contribution in [3.8, 4) is 0 Å². The van der Waals surface area contributed by atoms with Crippen molar-refractivity contribution in [3.05, 3.63) is 23.5 Å². The number of carboxylic acids is 1. The van der Waals surface area contributed by atoms with Crippen LogP contribution >= 0.6 is 0 Å². The highest BCUT2D eigenvalue weighted by atomic mass is 16.4. The summed E-state index contributed by atoms with van der Waals surface area (Å²) in [5.74, 6) is -0.935. The standard InChI is InChI=1S/C11H13N3O2/c1-3-9-8(11(15)16)5-7-6-12-14(4-2)10(7)13-9/h5-6H,3-4H2,1-2H3,(H,15,16). The molecule has 5 heteroatoms. The molecule has 0 atom stereocenters. The second-order valence-electron chi connectivity index (χ2n) is 3.51. The molecule has 0 bridgehead atoms. The number of fused-ring (bicyclic) bond motifs is 1. The Morgan fingerprint density at radius 3 is 2.81 bits per heavy atom. The molecular formula is C11H13N3O2. The number of hydrogen-bond acceptors (Lipinski definition) is 3. The van der Waals surface area contributed by atoms with Crippen LogP contribution in [-0.2, 0) is 13.0 Å². The van der Waals surface area contributed by atoms with E-state index in [4.69, 9.17) is 5.11 Å². The van der Waals surface area contributed by atoms with Crippen LogP contribution in [0.1, 0.15) is 29.9 Å². The molecular weight excluding hydrogens is 206 g/mol. The van der Waals surface area contributed by atoms with Gasteiger partial charge in [0.15, 0.2) is 5.65 Å². The molecule has 2 rings (SSSR count). The Morgan fingerprint density at radius 1 is 1.50 bits per heavy atom. The number of carbonyl (C=O) groups is 1. The fourth-order valence-electron chi connectivity index (χ4n) is 1.73. The van der Waals surface area contributed by atoms with Gasteiger partial charge in [0.05, 0.1) is 17.5 Å². The Balaban J connectivity index is 2.72. The lowest BCUT2D eigenvalue weighted by atomic mass is 10.1. The van der Waals surface area contributed by atoms with Gasteiger partial charge in [-0.2, -0.15) is 5.10 Å².